The van der Waals surface area contributed by atoms with E-state index in [0.29, 0.717) is 5.95 Å². The van der Waals surface area contributed by atoms with Crippen molar-refractivity contribution in [3.63, 3.8) is 0 Å². The number of rotatable bonds is 6. The molecular formula is C17H23N5. The molecule has 1 aliphatic rings. The second kappa shape index (κ2) is 7.11. The van der Waals surface area contributed by atoms with Crippen molar-refractivity contribution in [3.05, 3.63) is 36.5 Å². The first-order valence-corrected chi connectivity index (χ1v) is 8.04. The molecule has 0 radical (unpaired) electrons. The van der Waals surface area contributed by atoms with Crippen LogP contribution < -0.4 is 15.5 Å². The Morgan fingerprint density at radius 1 is 1.09 bits per heavy atom. The van der Waals surface area contributed by atoms with E-state index in [1.807, 2.05) is 6.07 Å². The minimum absolute atomic E-state index is 0.620. The van der Waals surface area contributed by atoms with Crippen molar-refractivity contribution in [2.45, 2.75) is 26.2 Å². The lowest BCUT2D eigenvalue weighted by atomic mass is 10.2. The van der Waals surface area contributed by atoms with Crippen molar-refractivity contribution >= 4 is 23.1 Å². The highest BCUT2D eigenvalue weighted by molar-refractivity contribution is 5.60. The highest BCUT2D eigenvalue weighted by Gasteiger charge is 2.11. The summed E-state index contributed by atoms with van der Waals surface area (Å²) in [6.07, 6.45) is 5.44. The van der Waals surface area contributed by atoms with Crippen LogP contribution in [0.2, 0.25) is 0 Å². The minimum Gasteiger partial charge on any atom is -0.372 e. The van der Waals surface area contributed by atoms with Gasteiger partial charge in [0.25, 0.3) is 0 Å². The largest absolute Gasteiger partial charge is 0.372 e. The Labute approximate surface area is 131 Å². The fourth-order valence-corrected chi connectivity index (χ4v) is 2.63. The summed E-state index contributed by atoms with van der Waals surface area (Å²) in [4.78, 5) is 11.2. The van der Waals surface area contributed by atoms with Crippen LogP contribution in [-0.4, -0.2) is 29.6 Å². The highest BCUT2D eigenvalue weighted by Crippen LogP contribution is 2.23. The number of nitrogens with zero attached hydrogens (tertiary/aromatic N) is 3. The van der Waals surface area contributed by atoms with E-state index < -0.39 is 0 Å². The molecule has 0 spiro atoms. The molecule has 2 aromatic rings. The molecule has 5 heteroatoms. The third-order valence-electron chi connectivity index (χ3n) is 3.81. The first-order valence-electron chi connectivity index (χ1n) is 8.04. The summed E-state index contributed by atoms with van der Waals surface area (Å²) in [6.45, 7) is 5.39. The predicted octanol–water partition coefficient (Wildman–Crippen LogP) is 3.64. The number of benzene rings is 1. The number of hydrogen-bond donors (Lipinski definition) is 2. The van der Waals surface area contributed by atoms with E-state index in [9.17, 15) is 0 Å². The van der Waals surface area contributed by atoms with E-state index in [2.05, 4.69) is 56.7 Å². The van der Waals surface area contributed by atoms with Crippen LogP contribution in [0.15, 0.2) is 36.5 Å². The van der Waals surface area contributed by atoms with Gasteiger partial charge in [-0.15, -0.1) is 0 Å². The zero-order valence-electron chi connectivity index (χ0n) is 13.0. The summed E-state index contributed by atoms with van der Waals surface area (Å²) in [5.74, 6) is 1.48. The molecule has 2 heterocycles. The van der Waals surface area contributed by atoms with Crippen molar-refractivity contribution in [2.24, 2.45) is 0 Å². The standard InChI is InChI=1S/C17H23N5/c1-2-10-18-16-9-11-19-17(21-16)20-14-5-7-15(8-6-14)22-12-3-4-13-22/h5-9,11H,2-4,10,12-13H2,1H3,(H2,18,19,20,21). The molecule has 22 heavy (non-hydrogen) atoms. The quantitative estimate of drug-likeness (QED) is 0.852. The van der Waals surface area contributed by atoms with Gasteiger partial charge in [-0.2, -0.15) is 4.98 Å². The zero-order chi connectivity index (χ0) is 15.2. The van der Waals surface area contributed by atoms with E-state index in [1.165, 1.54) is 31.6 Å². The molecule has 1 aromatic carbocycles. The molecule has 1 aromatic heterocycles. The molecule has 0 bridgehead atoms. The van der Waals surface area contributed by atoms with Crippen LogP contribution >= 0.6 is 0 Å². The van der Waals surface area contributed by atoms with Gasteiger partial charge in [-0.3, -0.25) is 0 Å². The normalized spacial score (nSPS) is 14.1. The molecule has 5 nitrogen and oxygen atoms in total. The van der Waals surface area contributed by atoms with Gasteiger partial charge >= 0.3 is 0 Å². The Kier molecular flexibility index (Phi) is 4.73. The monoisotopic (exact) mass is 297 g/mol. The van der Waals surface area contributed by atoms with Crippen LogP contribution in [0.1, 0.15) is 26.2 Å². The van der Waals surface area contributed by atoms with Gasteiger partial charge in [0.2, 0.25) is 5.95 Å². The van der Waals surface area contributed by atoms with Crippen molar-refractivity contribution in [2.75, 3.05) is 35.2 Å². The maximum absolute atomic E-state index is 4.46. The Morgan fingerprint density at radius 3 is 2.59 bits per heavy atom. The summed E-state index contributed by atoms with van der Waals surface area (Å²) in [5, 5.41) is 6.53. The third-order valence-corrected chi connectivity index (χ3v) is 3.81. The van der Waals surface area contributed by atoms with Crippen molar-refractivity contribution in [1.82, 2.24) is 9.97 Å². The molecule has 0 atom stereocenters. The van der Waals surface area contributed by atoms with E-state index in [0.717, 1.165) is 24.5 Å². The molecule has 2 N–H and O–H groups in total. The topological polar surface area (TPSA) is 53.1 Å². The molecule has 1 fully saturated rings. The van der Waals surface area contributed by atoms with E-state index in [4.69, 9.17) is 0 Å². The molecule has 116 valence electrons. The van der Waals surface area contributed by atoms with E-state index >= 15 is 0 Å². The number of aromatic nitrogens is 2. The van der Waals surface area contributed by atoms with Crippen LogP contribution in [0.3, 0.4) is 0 Å². The van der Waals surface area contributed by atoms with Crippen molar-refractivity contribution < 1.29 is 0 Å². The predicted molar refractivity (Wildman–Crippen MR) is 92.0 cm³/mol. The molecule has 0 unspecified atom stereocenters. The van der Waals surface area contributed by atoms with Crippen molar-refractivity contribution in [1.29, 1.82) is 0 Å². The molecule has 0 aliphatic carbocycles. The molecular weight excluding hydrogens is 274 g/mol. The van der Waals surface area contributed by atoms with Gasteiger partial charge in [0.15, 0.2) is 0 Å². The molecule has 1 saturated heterocycles. The van der Waals surface area contributed by atoms with Gasteiger partial charge in [-0.05, 0) is 49.6 Å². The van der Waals surface area contributed by atoms with Gasteiger partial charge in [-0.25, -0.2) is 4.98 Å². The molecule has 0 amide bonds. The first kappa shape index (κ1) is 14.6. The maximum atomic E-state index is 4.46. The van der Waals surface area contributed by atoms with Crippen molar-refractivity contribution in [3.8, 4) is 0 Å². The van der Waals surface area contributed by atoms with Gasteiger partial charge in [-0.1, -0.05) is 6.92 Å². The lowest BCUT2D eigenvalue weighted by Crippen LogP contribution is -2.17. The van der Waals surface area contributed by atoms with Crippen LogP contribution in [0.25, 0.3) is 0 Å². The Bertz CT molecular complexity index is 590. The minimum atomic E-state index is 0.620. The van der Waals surface area contributed by atoms with Crippen LogP contribution in [0.5, 0.6) is 0 Å². The Balaban J connectivity index is 1.65. The van der Waals surface area contributed by atoms with Crippen LogP contribution in [0.4, 0.5) is 23.1 Å². The number of nitrogens with one attached hydrogen (secondary N) is 2. The second-order valence-electron chi connectivity index (χ2n) is 5.56. The van der Waals surface area contributed by atoms with Gasteiger partial charge < -0.3 is 15.5 Å². The summed E-state index contributed by atoms with van der Waals surface area (Å²) < 4.78 is 0. The third kappa shape index (κ3) is 3.67. The van der Waals surface area contributed by atoms with Gasteiger partial charge in [0.1, 0.15) is 5.82 Å². The van der Waals surface area contributed by atoms with Crippen LogP contribution in [-0.2, 0) is 0 Å². The SMILES string of the molecule is CCCNc1ccnc(Nc2ccc(N3CCCC3)cc2)n1. The number of hydrogen-bond acceptors (Lipinski definition) is 5. The fraction of sp³-hybridized carbons (Fsp3) is 0.412. The number of anilines is 4. The second-order valence-corrected chi connectivity index (χ2v) is 5.56. The lowest BCUT2D eigenvalue weighted by Gasteiger charge is -2.17. The average Bonchev–Trinajstić information content (AvgIpc) is 3.08. The summed E-state index contributed by atoms with van der Waals surface area (Å²) >= 11 is 0. The average molecular weight is 297 g/mol. The Hall–Kier alpha value is -2.30. The Morgan fingerprint density at radius 2 is 1.86 bits per heavy atom. The summed E-state index contributed by atoms with van der Waals surface area (Å²) in [7, 11) is 0. The van der Waals surface area contributed by atoms with Crippen LogP contribution in [0, 0.1) is 0 Å². The molecule has 1 aliphatic heterocycles. The lowest BCUT2D eigenvalue weighted by molar-refractivity contribution is 0.949. The zero-order valence-corrected chi connectivity index (χ0v) is 13.0. The van der Waals surface area contributed by atoms with Gasteiger partial charge in [0, 0.05) is 37.2 Å². The fourth-order valence-electron chi connectivity index (χ4n) is 2.63. The maximum Gasteiger partial charge on any atom is 0.229 e. The highest BCUT2D eigenvalue weighted by atomic mass is 15.2. The van der Waals surface area contributed by atoms with E-state index in [-0.39, 0.29) is 0 Å². The summed E-state index contributed by atoms with van der Waals surface area (Å²) in [5.41, 5.74) is 2.30. The smallest absolute Gasteiger partial charge is 0.229 e. The summed E-state index contributed by atoms with van der Waals surface area (Å²) in [6, 6.07) is 10.4. The van der Waals surface area contributed by atoms with Gasteiger partial charge in [0.05, 0.1) is 0 Å². The molecule has 0 saturated carbocycles. The van der Waals surface area contributed by atoms with E-state index in [1.54, 1.807) is 6.20 Å². The molecule has 3 rings (SSSR count). The first-order chi connectivity index (χ1) is 10.8.